The molecular weight excluding hydrogens is 250 g/mol. The average Bonchev–Trinajstić information content (AvgIpc) is 2.80. The summed E-state index contributed by atoms with van der Waals surface area (Å²) in [5.41, 5.74) is 0.177. The van der Waals surface area contributed by atoms with Gasteiger partial charge in [0.2, 0.25) is 5.78 Å². The molecule has 6 heteroatoms. The molecule has 98 valence electrons. The lowest BCUT2D eigenvalue weighted by molar-refractivity contribution is -0.149. The van der Waals surface area contributed by atoms with Gasteiger partial charge in [-0.25, -0.2) is 4.79 Å². The first-order valence-corrected chi connectivity index (χ1v) is 5.68. The summed E-state index contributed by atoms with van der Waals surface area (Å²) in [4.78, 5) is 47.1. The minimum Gasteiger partial charge on any atom is -0.479 e. The zero-order valence-electron chi connectivity index (χ0n) is 9.91. The highest BCUT2D eigenvalue weighted by molar-refractivity contribution is 6.43. The second kappa shape index (κ2) is 5.01. The van der Waals surface area contributed by atoms with E-state index in [-0.39, 0.29) is 18.5 Å². The van der Waals surface area contributed by atoms with Gasteiger partial charge in [0.25, 0.3) is 5.91 Å². The first kappa shape index (κ1) is 12.9. The van der Waals surface area contributed by atoms with E-state index in [4.69, 9.17) is 5.11 Å². The van der Waals surface area contributed by atoms with Crippen molar-refractivity contribution >= 4 is 23.4 Å². The fraction of sp³-hybridized carbons (Fsp3) is 0.231. The van der Waals surface area contributed by atoms with E-state index in [1.165, 1.54) is 12.1 Å². The second-order valence-corrected chi connectivity index (χ2v) is 4.15. The van der Waals surface area contributed by atoms with Crippen molar-refractivity contribution in [3.63, 3.8) is 0 Å². The van der Waals surface area contributed by atoms with Crippen LogP contribution in [0.15, 0.2) is 30.3 Å². The normalized spacial score (nSPS) is 18.4. The topological polar surface area (TPSA) is 91.8 Å². The largest absolute Gasteiger partial charge is 0.479 e. The molecular formula is C13H11NO5. The summed E-state index contributed by atoms with van der Waals surface area (Å²) in [6.45, 7) is -0.0345. The van der Waals surface area contributed by atoms with Crippen molar-refractivity contribution in [3.8, 4) is 0 Å². The second-order valence-electron chi connectivity index (χ2n) is 4.15. The molecule has 6 nitrogen and oxygen atoms in total. The van der Waals surface area contributed by atoms with Gasteiger partial charge in [-0.2, -0.15) is 0 Å². The molecule has 19 heavy (non-hydrogen) atoms. The van der Waals surface area contributed by atoms with Gasteiger partial charge in [0.1, 0.15) is 0 Å². The lowest BCUT2D eigenvalue weighted by Crippen LogP contribution is -2.46. The van der Waals surface area contributed by atoms with E-state index in [1.807, 2.05) is 0 Å². The first-order chi connectivity index (χ1) is 9.02. The number of carboxylic acids is 1. The van der Waals surface area contributed by atoms with Crippen molar-refractivity contribution in [2.24, 2.45) is 0 Å². The smallest absolute Gasteiger partial charge is 0.334 e. The minimum absolute atomic E-state index is 0.0345. The number of nitrogens with zero attached hydrogens (tertiary/aromatic N) is 1. The van der Waals surface area contributed by atoms with Crippen LogP contribution >= 0.6 is 0 Å². The van der Waals surface area contributed by atoms with Gasteiger partial charge in [0, 0.05) is 18.5 Å². The maximum absolute atomic E-state index is 12.0. The van der Waals surface area contributed by atoms with E-state index in [0.29, 0.717) is 0 Å². The first-order valence-electron chi connectivity index (χ1n) is 5.68. The van der Waals surface area contributed by atoms with Crippen LogP contribution in [-0.4, -0.2) is 46.0 Å². The molecule has 1 saturated heterocycles. The molecule has 0 aliphatic carbocycles. The van der Waals surface area contributed by atoms with Crippen molar-refractivity contribution in [3.05, 3.63) is 35.9 Å². The zero-order chi connectivity index (χ0) is 14.0. The predicted octanol–water partition coefficient (Wildman–Crippen LogP) is 0.124. The Hall–Kier alpha value is -2.50. The van der Waals surface area contributed by atoms with E-state index in [1.54, 1.807) is 18.2 Å². The Morgan fingerprint density at radius 2 is 1.79 bits per heavy atom. The summed E-state index contributed by atoms with van der Waals surface area (Å²) in [5.74, 6) is -3.72. The standard InChI is InChI=1S/C13H11NO5/c15-9-6-7-14(10(9)13(18)19)12(17)11(16)8-4-2-1-3-5-8/h1-5,10H,6-7H2,(H,18,19). The predicted molar refractivity (Wildman–Crippen MR) is 63.5 cm³/mol. The third kappa shape index (κ3) is 2.37. The molecule has 0 aromatic heterocycles. The van der Waals surface area contributed by atoms with Crippen molar-refractivity contribution in [2.45, 2.75) is 12.5 Å². The lowest BCUT2D eigenvalue weighted by Gasteiger charge is -2.19. The van der Waals surface area contributed by atoms with Gasteiger partial charge in [0.05, 0.1) is 0 Å². The molecule has 0 saturated carbocycles. The quantitative estimate of drug-likeness (QED) is 0.474. The molecule has 1 aliphatic rings. The van der Waals surface area contributed by atoms with Gasteiger partial charge < -0.3 is 10.0 Å². The Morgan fingerprint density at radius 3 is 2.37 bits per heavy atom. The highest BCUT2D eigenvalue weighted by atomic mass is 16.4. The summed E-state index contributed by atoms with van der Waals surface area (Å²) in [6.07, 6.45) is -0.0369. The lowest BCUT2D eigenvalue weighted by atomic mass is 10.1. The maximum Gasteiger partial charge on any atom is 0.334 e. The molecule has 1 amide bonds. The number of carboxylic acid groups (broad SMARTS) is 1. The van der Waals surface area contributed by atoms with Crippen LogP contribution in [0.5, 0.6) is 0 Å². The molecule has 1 aromatic carbocycles. The van der Waals surface area contributed by atoms with Crippen molar-refractivity contribution in [2.75, 3.05) is 6.54 Å². The molecule has 1 unspecified atom stereocenters. The number of hydrogen-bond donors (Lipinski definition) is 1. The van der Waals surface area contributed by atoms with Crippen LogP contribution < -0.4 is 0 Å². The monoisotopic (exact) mass is 261 g/mol. The van der Waals surface area contributed by atoms with Crippen molar-refractivity contribution in [1.82, 2.24) is 4.90 Å². The summed E-state index contributed by atoms with van der Waals surface area (Å²) in [5, 5.41) is 8.93. The summed E-state index contributed by atoms with van der Waals surface area (Å²) >= 11 is 0. The molecule has 1 aliphatic heterocycles. The molecule has 1 fully saturated rings. The van der Waals surface area contributed by atoms with Crippen molar-refractivity contribution in [1.29, 1.82) is 0 Å². The van der Waals surface area contributed by atoms with Crippen LogP contribution in [0.25, 0.3) is 0 Å². The third-order valence-corrected chi connectivity index (χ3v) is 2.94. The number of carbonyl (C=O) groups is 4. The van der Waals surface area contributed by atoms with Gasteiger partial charge in [-0.1, -0.05) is 30.3 Å². The fourth-order valence-electron chi connectivity index (χ4n) is 2.00. The van der Waals surface area contributed by atoms with E-state index in [2.05, 4.69) is 0 Å². The van der Waals surface area contributed by atoms with Crippen LogP contribution in [-0.2, 0) is 14.4 Å². The van der Waals surface area contributed by atoms with E-state index in [0.717, 1.165) is 4.90 Å². The van der Waals surface area contributed by atoms with Crippen molar-refractivity contribution < 1.29 is 24.3 Å². The Labute approximate surface area is 108 Å². The fourth-order valence-corrected chi connectivity index (χ4v) is 2.00. The molecule has 1 atom stereocenters. The molecule has 1 aromatic rings. The molecule has 0 radical (unpaired) electrons. The summed E-state index contributed by atoms with van der Waals surface area (Å²) < 4.78 is 0. The van der Waals surface area contributed by atoms with Gasteiger partial charge in [-0.15, -0.1) is 0 Å². The van der Waals surface area contributed by atoms with E-state index >= 15 is 0 Å². The van der Waals surface area contributed by atoms with Crippen LogP contribution in [0.1, 0.15) is 16.8 Å². The van der Waals surface area contributed by atoms with Crippen LogP contribution in [0.4, 0.5) is 0 Å². The highest BCUT2D eigenvalue weighted by Gasteiger charge is 2.42. The summed E-state index contributed by atoms with van der Waals surface area (Å²) in [6, 6.07) is 6.29. The zero-order valence-corrected chi connectivity index (χ0v) is 9.91. The number of carbonyl (C=O) groups excluding carboxylic acids is 3. The highest BCUT2D eigenvalue weighted by Crippen LogP contribution is 2.16. The molecule has 0 spiro atoms. The number of amides is 1. The summed E-state index contributed by atoms with van der Waals surface area (Å²) in [7, 11) is 0. The van der Waals surface area contributed by atoms with Gasteiger partial charge >= 0.3 is 5.97 Å². The number of benzene rings is 1. The minimum atomic E-state index is -1.54. The van der Waals surface area contributed by atoms with Gasteiger partial charge in [-0.05, 0) is 0 Å². The molecule has 1 N–H and O–H groups in total. The number of aliphatic carboxylic acids is 1. The molecule has 1 heterocycles. The Balaban J connectivity index is 2.23. The van der Waals surface area contributed by atoms with E-state index < -0.39 is 29.5 Å². The average molecular weight is 261 g/mol. The number of Topliss-reactive ketones (excluding diaryl/α,β-unsaturated/α-hetero) is 2. The van der Waals surface area contributed by atoms with E-state index in [9.17, 15) is 19.2 Å². The molecule has 2 rings (SSSR count). The number of rotatable bonds is 3. The Bertz CT molecular complexity index is 551. The maximum atomic E-state index is 12.0. The Morgan fingerprint density at radius 1 is 1.16 bits per heavy atom. The molecule has 0 bridgehead atoms. The van der Waals surface area contributed by atoms with Gasteiger partial charge in [-0.3, -0.25) is 14.4 Å². The van der Waals surface area contributed by atoms with Crippen LogP contribution in [0, 0.1) is 0 Å². The number of likely N-dealkylation sites (tertiary alicyclic amines) is 1. The number of ketones is 2. The van der Waals surface area contributed by atoms with Crippen LogP contribution in [0.2, 0.25) is 0 Å². The number of hydrogen-bond acceptors (Lipinski definition) is 4. The Kier molecular flexibility index (Phi) is 3.41. The van der Waals surface area contributed by atoms with Gasteiger partial charge in [0.15, 0.2) is 11.8 Å². The van der Waals surface area contributed by atoms with Crippen LogP contribution in [0.3, 0.4) is 0 Å². The third-order valence-electron chi connectivity index (χ3n) is 2.94. The SMILES string of the molecule is O=C(C(=O)N1CCC(=O)C1C(=O)O)c1ccccc1.